The molecule has 0 heterocycles. The molecule has 2 saturated carbocycles. The normalized spacial score (nSPS) is 34.1. The van der Waals surface area contributed by atoms with E-state index in [-0.39, 0.29) is 11.2 Å². The van der Waals surface area contributed by atoms with Gasteiger partial charge in [0.1, 0.15) is 5.78 Å². The van der Waals surface area contributed by atoms with Crippen LogP contribution in [0.2, 0.25) is 0 Å². The molecule has 2 bridgehead atoms. The Morgan fingerprint density at radius 2 is 2.35 bits per heavy atom. The summed E-state index contributed by atoms with van der Waals surface area (Å²) in [6.45, 7) is 4.58. The van der Waals surface area contributed by atoms with Gasteiger partial charge in [-0.05, 0) is 30.4 Å². The van der Waals surface area contributed by atoms with E-state index in [0.717, 1.165) is 24.9 Å². The van der Waals surface area contributed by atoms with E-state index in [1.54, 1.807) is 7.11 Å². The molecule has 1 aromatic carbocycles. The number of aromatic hydroxyl groups is 1. The van der Waals surface area contributed by atoms with Gasteiger partial charge in [-0.3, -0.25) is 4.79 Å². The zero-order chi connectivity index (χ0) is 16.2. The first-order valence-corrected chi connectivity index (χ1v) is 8.38. The molecule has 3 unspecified atom stereocenters. The van der Waals surface area contributed by atoms with Crippen molar-refractivity contribution in [2.75, 3.05) is 13.7 Å². The molecule has 2 N–H and O–H groups in total. The number of nitrogens with one attached hydrogen (secondary N) is 1. The van der Waals surface area contributed by atoms with Gasteiger partial charge in [0.15, 0.2) is 11.5 Å². The third-order valence-electron chi connectivity index (χ3n) is 6.20. The molecule has 0 radical (unpaired) electrons. The Morgan fingerprint density at radius 1 is 1.52 bits per heavy atom. The Balaban J connectivity index is 1.86. The smallest absolute Gasteiger partial charge is 0.161 e. The molecule has 122 valence electrons. The summed E-state index contributed by atoms with van der Waals surface area (Å²) in [7, 11) is 1.57. The first kappa shape index (κ1) is 14.8. The van der Waals surface area contributed by atoms with Crippen molar-refractivity contribution in [3.8, 4) is 11.5 Å². The van der Waals surface area contributed by atoms with Gasteiger partial charge in [-0.15, -0.1) is 6.58 Å². The molecule has 3 aliphatic carbocycles. The predicted octanol–water partition coefficient (Wildman–Crippen LogP) is 2.65. The van der Waals surface area contributed by atoms with Crippen molar-refractivity contribution < 1.29 is 14.6 Å². The minimum atomic E-state index is -0.215. The monoisotopic (exact) mass is 313 g/mol. The molecule has 4 rings (SSSR count). The third kappa shape index (κ3) is 1.84. The van der Waals surface area contributed by atoms with Crippen LogP contribution in [0, 0.1) is 5.92 Å². The van der Waals surface area contributed by atoms with Gasteiger partial charge >= 0.3 is 0 Å². The Hall–Kier alpha value is -1.81. The van der Waals surface area contributed by atoms with Gasteiger partial charge in [-0.25, -0.2) is 0 Å². The number of benzene rings is 1. The number of rotatable bonds is 4. The SMILES string of the molecule is C=CCNC1C2C[C@]3(CC(=O)CCC13)c1c2ccc(OC)c1O. The summed E-state index contributed by atoms with van der Waals surface area (Å²) in [5, 5.41) is 14.4. The number of hydrogen-bond acceptors (Lipinski definition) is 4. The molecule has 4 nitrogen and oxygen atoms in total. The molecule has 0 amide bonds. The van der Waals surface area contributed by atoms with Crippen molar-refractivity contribution in [1.29, 1.82) is 0 Å². The van der Waals surface area contributed by atoms with Crippen molar-refractivity contribution in [3.05, 3.63) is 35.9 Å². The molecule has 2 fully saturated rings. The Labute approximate surface area is 136 Å². The second-order valence-corrected chi connectivity index (χ2v) is 7.13. The van der Waals surface area contributed by atoms with Gasteiger partial charge in [-0.2, -0.15) is 0 Å². The predicted molar refractivity (Wildman–Crippen MR) is 88.0 cm³/mol. The maximum absolute atomic E-state index is 12.2. The number of phenols is 1. The van der Waals surface area contributed by atoms with E-state index in [1.807, 2.05) is 12.1 Å². The number of ketones is 1. The topological polar surface area (TPSA) is 58.6 Å². The van der Waals surface area contributed by atoms with Crippen LogP contribution in [0.3, 0.4) is 0 Å². The molecule has 1 spiro atoms. The molecule has 23 heavy (non-hydrogen) atoms. The van der Waals surface area contributed by atoms with Crippen molar-refractivity contribution >= 4 is 5.78 Å². The second kappa shape index (κ2) is 5.10. The Kier molecular flexibility index (Phi) is 3.27. The average Bonchev–Trinajstić information content (AvgIpc) is 3.02. The van der Waals surface area contributed by atoms with Gasteiger partial charge in [-0.1, -0.05) is 12.1 Å². The summed E-state index contributed by atoms with van der Waals surface area (Å²) in [6, 6.07) is 4.28. The lowest BCUT2D eigenvalue weighted by molar-refractivity contribution is -0.123. The average molecular weight is 313 g/mol. The van der Waals surface area contributed by atoms with E-state index >= 15 is 0 Å². The molecule has 4 heteroatoms. The molecular formula is C19H23NO3. The molecule has 1 aromatic rings. The van der Waals surface area contributed by atoms with Crippen LogP contribution >= 0.6 is 0 Å². The maximum Gasteiger partial charge on any atom is 0.161 e. The lowest BCUT2D eigenvalue weighted by Gasteiger charge is -2.44. The third-order valence-corrected chi connectivity index (χ3v) is 6.20. The van der Waals surface area contributed by atoms with Gasteiger partial charge in [0.2, 0.25) is 0 Å². The fourth-order valence-corrected chi connectivity index (χ4v) is 5.48. The summed E-state index contributed by atoms with van der Waals surface area (Å²) in [4.78, 5) is 12.2. The number of carbonyl (C=O) groups is 1. The first-order chi connectivity index (χ1) is 11.1. The first-order valence-electron chi connectivity index (χ1n) is 8.38. The van der Waals surface area contributed by atoms with E-state index in [0.29, 0.717) is 42.3 Å². The highest BCUT2D eigenvalue weighted by Crippen LogP contribution is 2.67. The quantitative estimate of drug-likeness (QED) is 0.839. The fraction of sp³-hybridized carbons (Fsp3) is 0.526. The van der Waals surface area contributed by atoms with Gasteiger partial charge in [0.25, 0.3) is 0 Å². The largest absolute Gasteiger partial charge is 0.504 e. The number of carbonyl (C=O) groups excluding carboxylic acids is 1. The van der Waals surface area contributed by atoms with E-state index in [9.17, 15) is 9.90 Å². The van der Waals surface area contributed by atoms with E-state index < -0.39 is 0 Å². The summed E-state index contributed by atoms with van der Waals surface area (Å²) in [5.41, 5.74) is 1.96. The number of hydrogen-bond donors (Lipinski definition) is 2. The second-order valence-electron chi connectivity index (χ2n) is 7.13. The molecule has 0 saturated heterocycles. The summed E-state index contributed by atoms with van der Waals surface area (Å²) >= 11 is 0. The van der Waals surface area contributed by atoms with Gasteiger partial charge < -0.3 is 15.2 Å². The van der Waals surface area contributed by atoms with Crippen LogP contribution in [0.15, 0.2) is 24.8 Å². The van der Waals surface area contributed by atoms with Gasteiger partial charge in [0, 0.05) is 42.3 Å². The summed E-state index contributed by atoms with van der Waals surface area (Å²) < 4.78 is 5.31. The van der Waals surface area contributed by atoms with E-state index in [1.165, 1.54) is 5.56 Å². The van der Waals surface area contributed by atoms with Crippen LogP contribution in [0.4, 0.5) is 0 Å². The van der Waals surface area contributed by atoms with Crippen molar-refractivity contribution in [2.45, 2.75) is 43.1 Å². The highest BCUT2D eigenvalue weighted by Gasteiger charge is 2.63. The van der Waals surface area contributed by atoms with E-state index in [4.69, 9.17) is 4.74 Å². The van der Waals surface area contributed by atoms with Crippen molar-refractivity contribution in [2.24, 2.45) is 5.92 Å². The fourth-order valence-electron chi connectivity index (χ4n) is 5.48. The number of fused-ring (bicyclic) bond motifs is 3. The van der Waals surface area contributed by atoms with Crippen molar-refractivity contribution in [1.82, 2.24) is 5.32 Å². The Bertz CT molecular complexity index is 683. The van der Waals surface area contributed by atoms with E-state index in [2.05, 4.69) is 18.0 Å². The molecule has 0 aliphatic heterocycles. The lowest BCUT2D eigenvalue weighted by Crippen LogP contribution is -2.48. The van der Waals surface area contributed by atoms with Crippen molar-refractivity contribution in [3.63, 3.8) is 0 Å². The maximum atomic E-state index is 12.2. The standard InChI is InChI=1S/C19H23NO3/c1-3-8-20-17-13-10-19(9-11(21)4-6-14(17)19)16-12(13)5-7-15(23-2)18(16)22/h3,5,7,13-14,17,20,22H,1,4,6,8-10H2,2H3/t13?,14?,17?,19-/m0/s1. The van der Waals surface area contributed by atoms with Crippen LogP contribution in [-0.2, 0) is 10.2 Å². The highest BCUT2D eigenvalue weighted by molar-refractivity contribution is 5.83. The minimum absolute atomic E-state index is 0.215. The minimum Gasteiger partial charge on any atom is -0.504 e. The summed E-state index contributed by atoms with van der Waals surface area (Å²) in [5.74, 6) is 1.83. The number of phenolic OH excluding ortho intramolecular Hbond substituents is 1. The van der Waals surface area contributed by atoms with Crippen LogP contribution in [0.1, 0.15) is 42.7 Å². The zero-order valence-electron chi connectivity index (χ0n) is 13.5. The van der Waals surface area contributed by atoms with Crippen LogP contribution in [-0.4, -0.2) is 30.6 Å². The number of ether oxygens (including phenoxy) is 1. The highest BCUT2D eigenvalue weighted by atomic mass is 16.5. The Morgan fingerprint density at radius 3 is 3.09 bits per heavy atom. The molecule has 4 atom stereocenters. The molecule has 0 aromatic heterocycles. The summed E-state index contributed by atoms with van der Waals surface area (Å²) in [6.07, 6.45) is 4.95. The molecule has 3 aliphatic rings. The number of methoxy groups -OCH3 is 1. The van der Waals surface area contributed by atoms with Crippen LogP contribution in [0.25, 0.3) is 0 Å². The van der Waals surface area contributed by atoms with Crippen LogP contribution in [0.5, 0.6) is 11.5 Å². The van der Waals surface area contributed by atoms with Crippen LogP contribution < -0.4 is 10.1 Å². The lowest BCUT2D eigenvalue weighted by atomic mass is 9.62. The number of Topliss-reactive ketones (excluding diaryl/α,β-unsaturated/α-hetero) is 1. The zero-order valence-corrected chi connectivity index (χ0v) is 13.5. The molecular weight excluding hydrogens is 290 g/mol. The van der Waals surface area contributed by atoms with Gasteiger partial charge in [0.05, 0.1) is 7.11 Å².